The Kier molecular flexibility index (Phi) is 4.57. The molecular weight excluding hydrogens is 317 g/mol. The highest BCUT2D eigenvalue weighted by atomic mass is 19.1. The summed E-state index contributed by atoms with van der Waals surface area (Å²) in [7, 11) is 0. The third-order valence-electron chi connectivity index (χ3n) is 4.70. The van der Waals surface area contributed by atoms with E-state index in [-0.39, 0.29) is 5.82 Å². The molecule has 0 bridgehead atoms. The van der Waals surface area contributed by atoms with Gasteiger partial charge in [-0.3, -0.25) is 4.90 Å². The molecule has 0 aliphatic carbocycles. The zero-order valence-corrected chi connectivity index (χ0v) is 13.9. The summed E-state index contributed by atoms with van der Waals surface area (Å²) in [5.74, 6) is 1.08. The molecule has 1 aliphatic heterocycles. The van der Waals surface area contributed by atoms with Crippen LogP contribution in [0.15, 0.2) is 59.1 Å². The first-order valence-corrected chi connectivity index (χ1v) is 8.64. The van der Waals surface area contributed by atoms with Crippen molar-refractivity contribution in [2.75, 3.05) is 6.54 Å². The maximum Gasteiger partial charge on any atom is 0.241 e. The Morgan fingerprint density at radius 3 is 2.84 bits per heavy atom. The van der Waals surface area contributed by atoms with E-state index in [1.54, 1.807) is 12.1 Å². The standard InChI is InChI=1S/C20H20FN3O/c21-17-9-4-6-15(12-17)13-18-10-5-11-24(18)14-19-22-20(23-25-19)16-7-2-1-3-8-16/h1-4,6-9,12,18H,5,10-11,13-14H2. The molecule has 5 heteroatoms. The summed E-state index contributed by atoms with van der Waals surface area (Å²) in [6, 6.07) is 17.1. The lowest BCUT2D eigenvalue weighted by molar-refractivity contribution is 0.209. The van der Waals surface area contributed by atoms with Gasteiger partial charge in [0.25, 0.3) is 0 Å². The molecule has 0 saturated carbocycles. The Balaban J connectivity index is 1.44. The molecule has 0 spiro atoms. The van der Waals surface area contributed by atoms with Crippen LogP contribution in [0.1, 0.15) is 24.3 Å². The fraction of sp³-hybridized carbons (Fsp3) is 0.300. The zero-order chi connectivity index (χ0) is 17.1. The summed E-state index contributed by atoms with van der Waals surface area (Å²) in [5, 5.41) is 4.09. The van der Waals surface area contributed by atoms with Crippen molar-refractivity contribution >= 4 is 0 Å². The topological polar surface area (TPSA) is 42.2 Å². The van der Waals surface area contributed by atoms with Crippen molar-refractivity contribution in [3.05, 3.63) is 71.9 Å². The molecule has 128 valence electrons. The van der Waals surface area contributed by atoms with Gasteiger partial charge < -0.3 is 4.52 Å². The normalized spacial score (nSPS) is 17.9. The van der Waals surface area contributed by atoms with Crippen molar-refractivity contribution in [1.29, 1.82) is 0 Å². The van der Waals surface area contributed by atoms with Gasteiger partial charge in [0.05, 0.1) is 6.54 Å². The van der Waals surface area contributed by atoms with E-state index in [1.165, 1.54) is 6.07 Å². The second-order valence-electron chi connectivity index (χ2n) is 6.48. The molecule has 1 fully saturated rings. The fourth-order valence-electron chi connectivity index (χ4n) is 3.47. The predicted octanol–water partition coefficient (Wildman–Crippen LogP) is 4.08. The van der Waals surface area contributed by atoms with Crippen LogP contribution in [0.3, 0.4) is 0 Å². The van der Waals surface area contributed by atoms with Crippen LogP contribution in [0.5, 0.6) is 0 Å². The van der Waals surface area contributed by atoms with Gasteiger partial charge in [0.1, 0.15) is 5.82 Å². The van der Waals surface area contributed by atoms with Gasteiger partial charge in [-0.05, 0) is 43.5 Å². The van der Waals surface area contributed by atoms with Crippen LogP contribution in [0.2, 0.25) is 0 Å². The molecule has 2 aromatic carbocycles. The fourth-order valence-corrected chi connectivity index (χ4v) is 3.47. The van der Waals surface area contributed by atoms with Crippen LogP contribution >= 0.6 is 0 Å². The van der Waals surface area contributed by atoms with E-state index in [4.69, 9.17) is 4.52 Å². The molecule has 1 unspecified atom stereocenters. The van der Waals surface area contributed by atoms with E-state index in [9.17, 15) is 4.39 Å². The van der Waals surface area contributed by atoms with E-state index < -0.39 is 0 Å². The summed E-state index contributed by atoms with van der Waals surface area (Å²) in [6.45, 7) is 1.64. The summed E-state index contributed by atoms with van der Waals surface area (Å²) in [6.07, 6.45) is 3.09. The molecular formula is C20H20FN3O. The molecule has 4 nitrogen and oxygen atoms in total. The van der Waals surface area contributed by atoms with Crippen LogP contribution in [-0.2, 0) is 13.0 Å². The monoisotopic (exact) mass is 337 g/mol. The first-order chi connectivity index (χ1) is 12.3. The highest BCUT2D eigenvalue weighted by Crippen LogP contribution is 2.24. The summed E-state index contributed by atoms with van der Waals surface area (Å²) < 4.78 is 18.8. The van der Waals surface area contributed by atoms with Crippen LogP contribution in [0.25, 0.3) is 11.4 Å². The van der Waals surface area contributed by atoms with Crippen molar-refractivity contribution in [2.45, 2.75) is 31.8 Å². The molecule has 0 N–H and O–H groups in total. The highest BCUT2D eigenvalue weighted by Gasteiger charge is 2.26. The van der Waals surface area contributed by atoms with Crippen molar-refractivity contribution in [2.24, 2.45) is 0 Å². The Labute approximate surface area is 146 Å². The number of aromatic nitrogens is 2. The largest absolute Gasteiger partial charge is 0.338 e. The first kappa shape index (κ1) is 16.0. The summed E-state index contributed by atoms with van der Waals surface area (Å²) >= 11 is 0. The number of rotatable bonds is 5. The second kappa shape index (κ2) is 7.15. The average Bonchev–Trinajstić information content (AvgIpc) is 3.26. The van der Waals surface area contributed by atoms with E-state index in [0.717, 1.165) is 36.9 Å². The van der Waals surface area contributed by atoms with Gasteiger partial charge in [-0.15, -0.1) is 0 Å². The van der Waals surface area contributed by atoms with Gasteiger partial charge in [-0.1, -0.05) is 47.6 Å². The minimum atomic E-state index is -0.175. The minimum absolute atomic E-state index is 0.175. The molecule has 1 aliphatic rings. The summed E-state index contributed by atoms with van der Waals surface area (Å²) in [5.41, 5.74) is 1.99. The maximum atomic E-state index is 13.4. The molecule has 1 saturated heterocycles. The van der Waals surface area contributed by atoms with E-state index in [2.05, 4.69) is 15.0 Å². The summed E-state index contributed by atoms with van der Waals surface area (Å²) in [4.78, 5) is 6.87. The van der Waals surface area contributed by atoms with E-state index in [1.807, 2.05) is 36.4 Å². The van der Waals surface area contributed by atoms with E-state index >= 15 is 0 Å². The van der Waals surface area contributed by atoms with Gasteiger partial charge in [-0.25, -0.2) is 4.39 Å². The predicted molar refractivity (Wildman–Crippen MR) is 93.3 cm³/mol. The number of halogens is 1. The third-order valence-corrected chi connectivity index (χ3v) is 4.70. The zero-order valence-electron chi connectivity index (χ0n) is 13.9. The average molecular weight is 337 g/mol. The van der Waals surface area contributed by atoms with Gasteiger partial charge in [0, 0.05) is 11.6 Å². The van der Waals surface area contributed by atoms with Crippen molar-refractivity contribution in [1.82, 2.24) is 15.0 Å². The quantitative estimate of drug-likeness (QED) is 0.703. The van der Waals surface area contributed by atoms with Gasteiger partial charge in [0.2, 0.25) is 11.7 Å². The Bertz CT molecular complexity index is 834. The molecule has 0 amide bonds. The van der Waals surface area contributed by atoms with Crippen LogP contribution in [0.4, 0.5) is 4.39 Å². The molecule has 4 rings (SSSR count). The number of benzene rings is 2. The molecule has 25 heavy (non-hydrogen) atoms. The second-order valence-corrected chi connectivity index (χ2v) is 6.48. The first-order valence-electron chi connectivity index (χ1n) is 8.64. The molecule has 0 radical (unpaired) electrons. The Morgan fingerprint density at radius 2 is 2.00 bits per heavy atom. The van der Waals surface area contributed by atoms with Crippen molar-refractivity contribution in [3.8, 4) is 11.4 Å². The third kappa shape index (κ3) is 3.77. The molecule has 1 aromatic heterocycles. The van der Waals surface area contributed by atoms with E-state index in [0.29, 0.717) is 24.3 Å². The van der Waals surface area contributed by atoms with Crippen molar-refractivity contribution < 1.29 is 8.91 Å². The SMILES string of the molecule is Fc1cccc(CC2CCCN2Cc2nc(-c3ccccc3)no2)c1. The van der Waals surface area contributed by atoms with Crippen LogP contribution in [0, 0.1) is 5.82 Å². The van der Waals surface area contributed by atoms with Gasteiger partial charge in [0.15, 0.2) is 0 Å². The maximum absolute atomic E-state index is 13.4. The number of hydrogen-bond donors (Lipinski definition) is 0. The molecule has 2 heterocycles. The smallest absolute Gasteiger partial charge is 0.241 e. The lowest BCUT2D eigenvalue weighted by Crippen LogP contribution is -2.30. The van der Waals surface area contributed by atoms with Crippen LogP contribution < -0.4 is 0 Å². The lowest BCUT2D eigenvalue weighted by atomic mass is 10.0. The Hall–Kier alpha value is -2.53. The molecule has 1 atom stereocenters. The number of likely N-dealkylation sites (tertiary alicyclic amines) is 1. The van der Waals surface area contributed by atoms with Gasteiger partial charge in [-0.2, -0.15) is 4.98 Å². The minimum Gasteiger partial charge on any atom is -0.338 e. The van der Waals surface area contributed by atoms with Gasteiger partial charge >= 0.3 is 0 Å². The Morgan fingerprint density at radius 1 is 1.12 bits per heavy atom. The van der Waals surface area contributed by atoms with Crippen molar-refractivity contribution in [3.63, 3.8) is 0 Å². The highest BCUT2D eigenvalue weighted by molar-refractivity contribution is 5.53. The van der Waals surface area contributed by atoms with Crippen LogP contribution in [-0.4, -0.2) is 27.6 Å². The molecule has 3 aromatic rings. The number of nitrogens with zero attached hydrogens (tertiary/aromatic N) is 3. The number of hydrogen-bond acceptors (Lipinski definition) is 4. The lowest BCUT2D eigenvalue weighted by Gasteiger charge is -2.22.